The van der Waals surface area contributed by atoms with Crippen molar-refractivity contribution in [2.45, 2.75) is 6.54 Å². The third kappa shape index (κ3) is 3.81. The molecule has 1 saturated heterocycles. The smallest absolute Gasteiger partial charge is 0.266 e. The Morgan fingerprint density at radius 1 is 1.04 bits per heavy atom. The molecular formula is C18H20N6OS. The number of piperazine rings is 1. The van der Waals surface area contributed by atoms with Gasteiger partial charge in [-0.3, -0.25) is 14.7 Å². The Bertz CT molecular complexity index is 888. The van der Waals surface area contributed by atoms with E-state index in [0.29, 0.717) is 6.54 Å². The molecule has 4 heterocycles. The van der Waals surface area contributed by atoms with E-state index in [9.17, 15) is 4.79 Å². The van der Waals surface area contributed by atoms with Gasteiger partial charge in [-0.15, -0.1) is 11.3 Å². The number of nitrogens with zero attached hydrogens (tertiary/aromatic N) is 6. The van der Waals surface area contributed by atoms with Gasteiger partial charge in [0, 0.05) is 68.3 Å². The zero-order chi connectivity index (χ0) is 17.8. The second-order valence-electron chi connectivity index (χ2n) is 6.17. The number of thiazole rings is 1. The van der Waals surface area contributed by atoms with Crippen molar-refractivity contribution in [1.82, 2.24) is 24.6 Å². The van der Waals surface area contributed by atoms with Crippen LogP contribution in [0.25, 0.3) is 11.3 Å². The Morgan fingerprint density at radius 3 is 2.65 bits per heavy atom. The molecule has 3 aromatic rings. The fourth-order valence-corrected chi connectivity index (χ4v) is 3.75. The predicted molar refractivity (Wildman–Crippen MR) is 102 cm³/mol. The van der Waals surface area contributed by atoms with Crippen LogP contribution in [0.4, 0.5) is 5.13 Å². The Morgan fingerprint density at radius 2 is 1.92 bits per heavy atom. The topological polar surface area (TPSA) is 67.2 Å². The standard InChI is InChI=1S/C18H20N6OS/c25-17-4-3-16(15-2-1-5-19-14-15)21-24(17)12-9-22-7-10-23(11-8-22)18-20-6-13-26-18/h1-6,13-14H,7-12H2. The van der Waals surface area contributed by atoms with E-state index in [2.05, 4.69) is 24.9 Å². The van der Waals surface area contributed by atoms with E-state index in [1.165, 1.54) is 0 Å². The minimum atomic E-state index is -0.0703. The van der Waals surface area contributed by atoms with Gasteiger partial charge in [0.15, 0.2) is 5.13 Å². The molecule has 0 saturated carbocycles. The molecule has 0 aliphatic carbocycles. The van der Waals surface area contributed by atoms with Crippen LogP contribution in [0.1, 0.15) is 0 Å². The fourth-order valence-electron chi connectivity index (χ4n) is 3.05. The first-order valence-electron chi connectivity index (χ1n) is 8.65. The number of hydrogen-bond acceptors (Lipinski definition) is 7. The van der Waals surface area contributed by atoms with Crippen LogP contribution in [0, 0.1) is 0 Å². The van der Waals surface area contributed by atoms with E-state index in [1.807, 2.05) is 23.7 Å². The Labute approximate surface area is 155 Å². The van der Waals surface area contributed by atoms with Gasteiger partial charge in [-0.25, -0.2) is 9.67 Å². The summed E-state index contributed by atoms with van der Waals surface area (Å²) >= 11 is 1.68. The largest absolute Gasteiger partial charge is 0.346 e. The van der Waals surface area contributed by atoms with Gasteiger partial charge in [0.25, 0.3) is 5.56 Å². The third-order valence-corrected chi connectivity index (χ3v) is 5.35. The Kier molecular flexibility index (Phi) is 5.03. The molecule has 0 atom stereocenters. The molecule has 1 aliphatic heterocycles. The van der Waals surface area contributed by atoms with E-state index in [1.54, 1.807) is 40.5 Å². The predicted octanol–water partition coefficient (Wildman–Crippen LogP) is 1.58. The molecule has 0 N–H and O–H groups in total. The highest BCUT2D eigenvalue weighted by Crippen LogP contribution is 2.18. The number of hydrogen-bond donors (Lipinski definition) is 0. The van der Waals surface area contributed by atoms with Crippen molar-refractivity contribution in [3.8, 4) is 11.3 Å². The van der Waals surface area contributed by atoms with Crippen LogP contribution in [0.3, 0.4) is 0 Å². The zero-order valence-corrected chi connectivity index (χ0v) is 15.2. The van der Waals surface area contributed by atoms with Gasteiger partial charge in [0.05, 0.1) is 12.2 Å². The Hall–Kier alpha value is -2.58. The average molecular weight is 368 g/mol. The molecule has 1 fully saturated rings. The summed E-state index contributed by atoms with van der Waals surface area (Å²) in [6.45, 7) is 5.27. The lowest BCUT2D eigenvalue weighted by Gasteiger charge is -2.34. The first kappa shape index (κ1) is 16.9. The molecule has 8 heteroatoms. The van der Waals surface area contributed by atoms with E-state index in [-0.39, 0.29) is 5.56 Å². The van der Waals surface area contributed by atoms with Crippen molar-refractivity contribution in [3.63, 3.8) is 0 Å². The van der Waals surface area contributed by atoms with Gasteiger partial charge in [-0.05, 0) is 18.2 Å². The third-order valence-electron chi connectivity index (χ3n) is 4.51. The lowest BCUT2D eigenvalue weighted by atomic mass is 10.2. The van der Waals surface area contributed by atoms with Gasteiger partial charge in [-0.2, -0.15) is 5.10 Å². The SMILES string of the molecule is O=c1ccc(-c2cccnc2)nn1CCN1CCN(c2nccs2)CC1. The molecule has 0 radical (unpaired) electrons. The summed E-state index contributed by atoms with van der Waals surface area (Å²) in [7, 11) is 0. The van der Waals surface area contributed by atoms with Gasteiger partial charge in [-0.1, -0.05) is 0 Å². The maximum Gasteiger partial charge on any atom is 0.266 e. The summed E-state index contributed by atoms with van der Waals surface area (Å²) < 4.78 is 1.55. The second-order valence-corrected chi connectivity index (χ2v) is 7.04. The average Bonchev–Trinajstić information content (AvgIpc) is 3.23. The Balaban J connectivity index is 1.37. The lowest BCUT2D eigenvalue weighted by Crippen LogP contribution is -2.47. The first-order chi connectivity index (χ1) is 12.8. The molecule has 4 rings (SSSR count). The molecule has 0 spiro atoms. The molecule has 26 heavy (non-hydrogen) atoms. The normalized spacial score (nSPS) is 15.3. The van der Waals surface area contributed by atoms with E-state index < -0.39 is 0 Å². The highest BCUT2D eigenvalue weighted by atomic mass is 32.1. The van der Waals surface area contributed by atoms with Crippen LogP contribution in [0.15, 0.2) is 53.0 Å². The zero-order valence-electron chi connectivity index (χ0n) is 14.4. The molecule has 0 bridgehead atoms. The van der Waals surface area contributed by atoms with Gasteiger partial charge in [0.1, 0.15) is 0 Å². The molecule has 3 aromatic heterocycles. The van der Waals surface area contributed by atoms with Gasteiger partial charge < -0.3 is 4.90 Å². The minimum Gasteiger partial charge on any atom is -0.346 e. The lowest BCUT2D eigenvalue weighted by molar-refractivity contribution is 0.243. The molecular weight excluding hydrogens is 348 g/mol. The maximum atomic E-state index is 12.1. The van der Waals surface area contributed by atoms with E-state index in [0.717, 1.165) is 49.1 Å². The maximum absolute atomic E-state index is 12.1. The monoisotopic (exact) mass is 368 g/mol. The summed E-state index contributed by atoms with van der Waals surface area (Å²) in [5.41, 5.74) is 1.61. The molecule has 0 amide bonds. The van der Waals surface area contributed by atoms with Crippen LogP contribution < -0.4 is 10.5 Å². The van der Waals surface area contributed by atoms with Crippen LogP contribution in [-0.4, -0.2) is 57.4 Å². The first-order valence-corrected chi connectivity index (χ1v) is 9.53. The van der Waals surface area contributed by atoms with Crippen molar-refractivity contribution < 1.29 is 0 Å². The highest BCUT2D eigenvalue weighted by molar-refractivity contribution is 7.13. The molecule has 7 nitrogen and oxygen atoms in total. The summed E-state index contributed by atoms with van der Waals surface area (Å²) in [6.07, 6.45) is 5.33. The fraction of sp³-hybridized carbons (Fsp3) is 0.333. The quantitative estimate of drug-likeness (QED) is 0.681. The number of anilines is 1. The summed E-state index contributed by atoms with van der Waals surface area (Å²) in [5.74, 6) is 0. The van der Waals surface area contributed by atoms with Gasteiger partial charge >= 0.3 is 0 Å². The van der Waals surface area contributed by atoms with Crippen molar-refractivity contribution in [3.05, 3.63) is 58.6 Å². The van der Waals surface area contributed by atoms with E-state index >= 15 is 0 Å². The molecule has 0 unspecified atom stereocenters. The molecule has 134 valence electrons. The second kappa shape index (κ2) is 7.76. The molecule has 1 aliphatic rings. The van der Waals surface area contributed by atoms with Gasteiger partial charge in [0.2, 0.25) is 0 Å². The van der Waals surface area contributed by atoms with Crippen molar-refractivity contribution in [1.29, 1.82) is 0 Å². The number of aromatic nitrogens is 4. The summed E-state index contributed by atoms with van der Waals surface area (Å²) in [6, 6.07) is 7.15. The minimum absolute atomic E-state index is 0.0703. The van der Waals surface area contributed by atoms with Crippen molar-refractivity contribution in [2.75, 3.05) is 37.6 Å². The van der Waals surface area contributed by atoms with Crippen LogP contribution in [-0.2, 0) is 6.54 Å². The number of pyridine rings is 1. The number of rotatable bonds is 5. The summed E-state index contributed by atoms with van der Waals surface area (Å²) in [5, 5.41) is 7.60. The summed E-state index contributed by atoms with van der Waals surface area (Å²) in [4.78, 5) is 25.3. The van der Waals surface area contributed by atoms with Crippen molar-refractivity contribution in [2.24, 2.45) is 0 Å². The van der Waals surface area contributed by atoms with Crippen molar-refractivity contribution >= 4 is 16.5 Å². The molecule has 0 aromatic carbocycles. The van der Waals surface area contributed by atoms with E-state index in [4.69, 9.17) is 0 Å². The highest BCUT2D eigenvalue weighted by Gasteiger charge is 2.18. The van der Waals surface area contributed by atoms with Crippen LogP contribution in [0.5, 0.6) is 0 Å². The van der Waals surface area contributed by atoms with Crippen LogP contribution >= 0.6 is 11.3 Å². The van der Waals surface area contributed by atoms with Crippen LogP contribution in [0.2, 0.25) is 0 Å².